The minimum atomic E-state index is 0.115. The van der Waals surface area contributed by atoms with Gasteiger partial charge in [-0.3, -0.25) is 4.79 Å². The number of allylic oxidation sites excluding steroid dienone is 2. The maximum absolute atomic E-state index is 12.4. The first kappa shape index (κ1) is 11.8. The number of carbonyl (C=O) groups is 1. The molecule has 3 heteroatoms. The summed E-state index contributed by atoms with van der Waals surface area (Å²) in [5.41, 5.74) is 2.59. The van der Waals surface area contributed by atoms with Gasteiger partial charge >= 0.3 is 0 Å². The van der Waals surface area contributed by atoms with E-state index in [1.165, 1.54) is 0 Å². The van der Waals surface area contributed by atoms with Crippen LogP contribution in [0.15, 0.2) is 57.0 Å². The Morgan fingerprint density at radius 2 is 1.89 bits per heavy atom. The Labute approximate surface area is 111 Å². The quantitative estimate of drug-likeness (QED) is 0.758. The van der Waals surface area contributed by atoms with Gasteiger partial charge in [-0.15, -0.1) is 0 Å². The first-order valence-corrected chi connectivity index (χ1v) is 6.34. The van der Waals surface area contributed by atoms with E-state index in [9.17, 15) is 4.79 Å². The average molecular weight is 254 g/mol. The van der Waals surface area contributed by atoms with Crippen LogP contribution in [0.25, 0.3) is 12.2 Å². The van der Waals surface area contributed by atoms with Crippen LogP contribution in [0.3, 0.4) is 0 Å². The molecule has 1 saturated carbocycles. The third kappa shape index (κ3) is 2.60. The molecular weight excluding hydrogens is 240 g/mol. The fourth-order valence-electron chi connectivity index (χ4n) is 2.28. The van der Waals surface area contributed by atoms with Crippen LogP contribution in [0.5, 0.6) is 0 Å². The summed E-state index contributed by atoms with van der Waals surface area (Å²) in [6, 6.07) is 5.53. The van der Waals surface area contributed by atoms with Gasteiger partial charge in [0, 0.05) is 16.7 Å². The number of ketones is 1. The van der Waals surface area contributed by atoms with Crippen LogP contribution in [0, 0.1) is 0 Å². The second-order valence-electron chi connectivity index (χ2n) is 4.59. The fraction of sp³-hybridized carbons (Fsp3) is 0.188. The molecule has 2 heterocycles. The highest BCUT2D eigenvalue weighted by atomic mass is 16.3. The molecule has 0 unspecified atom stereocenters. The molecule has 3 rings (SSSR count). The van der Waals surface area contributed by atoms with Crippen molar-refractivity contribution in [3.63, 3.8) is 0 Å². The van der Waals surface area contributed by atoms with Crippen LogP contribution >= 0.6 is 0 Å². The van der Waals surface area contributed by atoms with Crippen LogP contribution in [0.1, 0.15) is 30.6 Å². The molecule has 0 aromatic carbocycles. The zero-order valence-electron chi connectivity index (χ0n) is 10.5. The zero-order chi connectivity index (χ0) is 13.1. The van der Waals surface area contributed by atoms with Crippen molar-refractivity contribution >= 4 is 17.9 Å². The Kier molecular flexibility index (Phi) is 3.19. The van der Waals surface area contributed by atoms with Crippen molar-refractivity contribution in [1.82, 2.24) is 0 Å². The summed E-state index contributed by atoms with van der Waals surface area (Å²) in [4.78, 5) is 12.4. The molecule has 96 valence electrons. The first-order valence-electron chi connectivity index (χ1n) is 6.34. The zero-order valence-corrected chi connectivity index (χ0v) is 10.5. The van der Waals surface area contributed by atoms with Crippen molar-refractivity contribution in [3.8, 4) is 0 Å². The molecule has 0 saturated heterocycles. The number of rotatable bonds is 2. The Balaban J connectivity index is 1.87. The van der Waals surface area contributed by atoms with E-state index in [4.69, 9.17) is 8.83 Å². The van der Waals surface area contributed by atoms with Gasteiger partial charge in [0.2, 0.25) is 0 Å². The highest BCUT2D eigenvalue weighted by molar-refractivity contribution is 6.13. The van der Waals surface area contributed by atoms with E-state index in [0.29, 0.717) is 0 Å². The van der Waals surface area contributed by atoms with Crippen molar-refractivity contribution in [1.29, 1.82) is 0 Å². The van der Waals surface area contributed by atoms with E-state index in [-0.39, 0.29) is 5.78 Å². The maximum Gasteiger partial charge on any atom is 0.185 e. The molecule has 0 N–H and O–H groups in total. The van der Waals surface area contributed by atoms with E-state index in [1.54, 1.807) is 18.8 Å². The van der Waals surface area contributed by atoms with Crippen LogP contribution < -0.4 is 0 Å². The van der Waals surface area contributed by atoms with E-state index in [1.807, 2.05) is 30.4 Å². The van der Waals surface area contributed by atoms with E-state index in [0.717, 1.165) is 41.7 Å². The lowest BCUT2D eigenvalue weighted by Gasteiger charge is -2.15. The second kappa shape index (κ2) is 5.14. The molecule has 2 aromatic heterocycles. The summed E-state index contributed by atoms with van der Waals surface area (Å²) in [6.07, 6.45) is 11.2. The molecule has 1 aliphatic carbocycles. The minimum absolute atomic E-state index is 0.115. The average Bonchev–Trinajstić information content (AvgIpc) is 3.07. The molecular formula is C16H14O3. The summed E-state index contributed by atoms with van der Waals surface area (Å²) in [5.74, 6) is 0.844. The maximum atomic E-state index is 12.4. The van der Waals surface area contributed by atoms with Gasteiger partial charge in [0.1, 0.15) is 5.76 Å². The van der Waals surface area contributed by atoms with Crippen molar-refractivity contribution in [2.45, 2.75) is 19.3 Å². The molecule has 0 amide bonds. The Morgan fingerprint density at radius 3 is 2.58 bits per heavy atom. The van der Waals surface area contributed by atoms with Gasteiger partial charge in [0.05, 0.1) is 18.8 Å². The molecule has 3 nitrogen and oxygen atoms in total. The summed E-state index contributed by atoms with van der Waals surface area (Å²) in [6.45, 7) is 0. The highest BCUT2D eigenvalue weighted by Crippen LogP contribution is 2.28. The Morgan fingerprint density at radius 1 is 1.05 bits per heavy atom. The third-order valence-corrected chi connectivity index (χ3v) is 3.22. The number of hydrogen-bond donors (Lipinski definition) is 0. The number of Topliss-reactive ketones (excluding diaryl/α,β-unsaturated/α-hetero) is 1. The Hall–Kier alpha value is -2.29. The van der Waals surface area contributed by atoms with Crippen LogP contribution in [-0.2, 0) is 4.79 Å². The van der Waals surface area contributed by atoms with Crippen LogP contribution in [0.4, 0.5) is 0 Å². The van der Waals surface area contributed by atoms with Gasteiger partial charge in [-0.25, -0.2) is 0 Å². The predicted molar refractivity (Wildman–Crippen MR) is 72.2 cm³/mol. The van der Waals surface area contributed by atoms with E-state index < -0.39 is 0 Å². The third-order valence-electron chi connectivity index (χ3n) is 3.22. The largest absolute Gasteiger partial charge is 0.472 e. The summed E-state index contributed by atoms with van der Waals surface area (Å²) >= 11 is 0. The number of carbonyl (C=O) groups excluding carboxylic acids is 1. The molecule has 1 aliphatic rings. The molecule has 0 atom stereocenters. The minimum Gasteiger partial charge on any atom is -0.472 e. The van der Waals surface area contributed by atoms with E-state index >= 15 is 0 Å². The van der Waals surface area contributed by atoms with Gasteiger partial charge in [-0.05, 0) is 49.6 Å². The highest BCUT2D eigenvalue weighted by Gasteiger charge is 2.20. The monoisotopic (exact) mass is 254 g/mol. The molecule has 1 fully saturated rings. The lowest BCUT2D eigenvalue weighted by Crippen LogP contribution is -2.12. The molecule has 19 heavy (non-hydrogen) atoms. The summed E-state index contributed by atoms with van der Waals surface area (Å²) in [5, 5.41) is 0. The van der Waals surface area contributed by atoms with Gasteiger partial charge in [-0.1, -0.05) is 0 Å². The van der Waals surface area contributed by atoms with Crippen LogP contribution in [-0.4, -0.2) is 5.78 Å². The first-order chi connectivity index (χ1) is 9.33. The van der Waals surface area contributed by atoms with Gasteiger partial charge in [-0.2, -0.15) is 0 Å². The fourth-order valence-corrected chi connectivity index (χ4v) is 2.28. The predicted octanol–water partition coefficient (Wildman–Crippen LogP) is 4.09. The standard InChI is InChI=1S/C16H14O3/c17-16-13(9-12-6-8-18-11-12)3-1-4-14(16)10-15-5-2-7-19-15/h2,5-11H,1,3-4H2. The second-order valence-corrected chi connectivity index (χ2v) is 4.59. The number of hydrogen-bond acceptors (Lipinski definition) is 3. The van der Waals surface area contributed by atoms with Crippen molar-refractivity contribution in [2.24, 2.45) is 0 Å². The lowest BCUT2D eigenvalue weighted by atomic mass is 9.87. The summed E-state index contributed by atoms with van der Waals surface area (Å²) in [7, 11) is 0. The smallest absolute Gasteiger partial charge is 0.185 e. The molecule has 0 aliphatic heterocycles. The summed E-state index contributed by atoms with van der Waals surface area (Å²) < 4.78 is 10.3. The molecule has 0 spiro atoms. The van der Waals surface area contributed by atoms with Crippen molar-refractivity contribution in [2.75, 3.05) is 0 Å². The molecule has 2 aromatic rings. The van der Waals surface area contributed by atoms with E-state index in [2.05, 4.69) is 0 Å². The van der Waals surface area contributed by atoms with Crippen LogP contribution in [0.2, 0.25) is 0 Å². The van der Waals surface area contributed by atoms with Gasteiger partial charge < -0.3 is 8.83 Å². The molecule has 0 radical (unpaired) electrons. The van der Waals surface area contributed by atoms with Crippen molar-refractivity contribution in [3.05, 3.63) is 59.5 Å². The topological polar surface area (TPSA) is 43.4 Å². The normalized spacial score (nSPS) is 20.3. The Bertz CT molecular complexity index is 559. The van der Waals surface area contributed by atoms with Gasteiger partial charge in [0.25, 0.3) is 0 Å². The molecule has 0 bridgehead atoms. The van der Waals surface area contributed by atoms with Gasteiger partial charge in [0.15, 0.2) is 5.78 Å². The van der Waals surface area contributed by atoms with Crippen molar-refractivity contribution < 1.29 is 13.6 Å². The lowest BCUT2D eigenvalue weighted by molar-refractivity contribution is -0.112. The SMILES string of the molecule is O=C1C(=Cc2ccoc2)CCCC1=Cc1ccco1. The number of furan rings is 2.